The summed E-state index contributed by atoms with van der Waals surface area (Å²) in [5.41, 5.74) is 12.2. The minimum atomic E-state index is -1.58. The number of carboxylic acids is 2. The summed E-state index contributed by atoms with van der Waals surface area (Å²) in [7, 11) is 0. The van der Waals surface area contributed by atoms with E-state index in [4.69, 9.17) is 21.7 Å². The molecule has 0 bridgehead atoms. The van der Waals surface area contributed by atoms with Gasteiger partial charge in [-0.3, -0.25) is 19.2 Å². The van der Waals surface area contributed by atoms with Gasteiger partial charge in [-0.05, 0) is 44.2 Å². The maximum atomic E-state index is 13.0. The van der Waals surface area contributed by atoms with Crippen molar-refractivity contribution in [3.05, 3.63) is 35.9 Å². The molecule has 0 aromatic heterocycles. The van der Waals surface area contributed by atoms with Crippen LogP contribution in [0.1, 0.15) is 37.7 Å². The highest BCUT2D eigenvalue weighted by molar-refractivity contribution is 5.94. The maximum absolute atomic E-state index is 13.0. The number of carbonyl (C=O) groups excluding carboxylic acids is 3. The molecule has 0 saturated heterocycles. The summed E-state index contributed by atoms with van der Waals surface area (Å²) < 4.78 is 0. The van der Waals surface area contributed by atoms with Crippen LogP contribution in [0.15, 0.2) is 30.3 Å². The third kappa shape index (κ3) is 11.3. The molecule has 0 aliphatic heterocycles. The number of nitrogens with one attached hydrogen (secondary N) is 3. The van der Waals surface area contributed by atoms with E-state index in [0.717, 1.165) is 5.56 Å². The average Bonchev–Trinajstić information content (AvgIpc) is 2.84. The van der Waals surface area contributed by atoms with Crippen molar-refractivity contribution < 1.29 is 39.3 Å². The fourth-order valence-corrected chi connectivity index (χ4v) is 3.27. The molecule has 0 heterocycles. The molecule has 0 spiro atoms. The first kappa shape index (κ1) is 30.5. The number of aliphatic carboxylic acids is 2. The van der Waals surface area contributed by atoms with Crippen LogP contribution in [0.5, 0.6) is 0 Å². The van der Waals surface area contributed by atoms with Gasteiger partial charge < -0.3 is 42.7 Å². The summed E-state index contributed by atoms with van der Waals surface area (Å²) in [5, 5.41) is 34.3. The van der Waals surface area contributed by atoms with Gasteiger partial charge in [0.2, 0.25) is 17.7 Å². The van der Waals surface area contributed by atoms with Gasteiger partial charge in [0.25, 0.3) is 0 Å². The van der Waals surface area contributed by atoms with Gasteiger partial charge >= 0.3 is 11.9 Å². The van der Waals surface area contributed by atoms with E-state index in [1.165, 1.54) is 0 Å². The zero-order valence-electron chi connectivity index (χ0n) is 19.9. The summed E-state index contributed by atoms with van der Waals surface area (Å²) >= 11 is 0. The highest BCUT2D eigenvalue weighted by Gasteiger charge is 2.30. The monoisotopic (exact) mass is 509 g/mol. The van der Waals surface area contributed by atoms with Crippen LogP contribution in [-0.4, -0.2) is 82.3 Å². The van der Waals surface area contributed by atoms with E-state index in [0.29, 0.717) is 19.4 Å². The van der Waals surface area contributed by atoms with E-state index >= 15 is 0 Å². The Morgan fingerprint density at radius 2 is 1.36 bits per heavy atom. The van der Waals surface area contributed by atoms with Crippen molar-refractivity contribution >= 4 is 29.7 Å². The molecule has 0 fully saturated rings. The van der Waals surface area contributed by atoms with Gasteiger partial charge in [0.1, 0.15) is 18.1 Å². The zero-order chi connectivity index (χ0) is 27.1. The molecular weight excluding hydrogens is 474 g/mol. The van der Waals surface area contributed by atoms with Crippen LogP contribution in [0.2, 0.25) is 0 Å². The fraction of sp³-hybridized carbons (Fsp3) is 0.522. The summed E-state index contributed by atoms with van der Waals surface area (Å²) in [6.07, 6.45) is 0.509. The lowest BCUT2D eigenvalue weighted by Crippen LogP contribution is -2.57. The molecule has 200 valence electrons. The molecule has 13 heteroatoms. The molecule has 4 atom stereocenters. The highest BCUT2D eigenvalue weighted by atomic mass is 16.4. The van der Waals surface area contributed by atoms with Crippen molar-refractivity contribution in [3.8, 4) is 0 Å². The van der Waals surface area contributed by atoms with Crippen molar-refractivity contribution in [1.29, 1.82) is 0 Å². The van der Waals surface area contributed by atoms with Crippen molar-refractivity contribution in [3.63, 3.8) is 0 Å². The summed E-state index contributed by atoms with van der Waals surface area (Å²) in [5.74, 6) is -5.03. The van der Waals surface area contributed by atoms with Gasteiger partial charge in [-0.1, -0.05) is 30.3 Å². The summed E-state index contributed by atoms with van der Waals surface area (Å²) in [6.45, 7) is -0.533. The van der Waals surface area contributed by atoms with Crippen LogP contribution >= 0.6 is 0 Å². The van der Waals surface area contributed by atoms with Gasteiger partial charge in [0.05, 0.1) is 12.6 Å². The smallest absolute Gasteiger partial charge is 0.328 e. The first-order valence-electron chi connectivity index (χ1n) is 11.5. The third-order valence-electron chi connectivity index (χ3n) is 5.29. The molecule has 3 amide bonds. The number of unbranched alkanes of at least 4 members (excludes halogenated alkanes) is 1. The molecule has 0 aliphatic rings. The largest absolute Gasteiger partial charge is 0.481 e. The number of amides is 3. The molecule has 36 heavy (non-hydrogen) atoms. The second kappa shape index (κ2) is 16.2. The molecule has 0 radical (unpaired) electrons. The van der Waals surface area contributed by atoms with Crippen molar-refractivity contribution in [2.75, 3.05) is 13.2 Å². The SMILES string of the molecule is NCCCCC(NC(=O)C(CCC(=O)O)NC(=O)C(N)Cc1ccccc1)C(=O)NC(CO)C(=O)O. The lowest BCUT2D eigenvalue weighted by Gasteiger charge is -2.25. The van der Waals surface area contributed by atoms with Crippen LogP contribution in [-0.2, 0) is 30.4 Å². The first-order valence-corrected chi connectivity index (χ1v) is 11.5. The predicted octanol–water partition coefficient (Wildman–Crippen LogP) is -1.92. The van der Waals surface area contributed by atoms with E-state index in [9.17, 15) is 29.1 Å². The normalized spacial score (nSPS) is 14.1. The van der Waals surface area contributed by atoms with Crippen LogP contribution in [0.3, 0.4) is 0 Å². The molecule has 1 aromatic carbocycles. The number of hydrogen-bond acceptors (Lipinski definition) is 8. The molecule has 0 saturated carbocycles. The van der Waals surface area contributed by atoms with Crippen molar-refractivity contribution in [2.24, 2.45) is 11.5 Å². The highest BCUT2D eigenvalue weighted by Crippen LogP contribution is 2.07. The Morgan fingerprint density at radius 3 is 1.89 bits per heavy atom. The van der Waals surface area contributed by atoms with Gasteiger partial charge in [0.15, 0.2) is 0 Å². The number of carboxylic acid groups (broad SMARTS) is 2. The molecular formula is C23H35N5O8. The Hall–Kier alpha value is -3.55. The van der Waals surface area contributed by atoms with E-state index in [2.05, 4.69) is 16.0 Å². The van der Waals surface area contributed by atoms with E-state index in [1.54, 1.807) is 30.3 Å². The van der Waals surface area contributed by atoms with E-state index in [1.807, 2.05) is 0 Å². The Labute approximate surface area is 208 Å². The molecule has 0 aliphatic carbocycles. The van der Waals surface area contributed by atoms with Crippen LogP contribution in [0.25, 0.3) is 0 Å². The van der Waals surface area contributed by atoms with Gasteiger partial charge in [0, 0.05) is 6.42 Å². The summed E-state index contributed by atoms with van der Waals surface area (Å²) in [4.78, 5) is 60.5. The first-order chi connectivity index (χ1) is 17.1. The Morgan fingerprint density at radius 1 is 0.806 bits per heavy atom. The van der Waals surface area contributed by atoms with Gasteiger partial charge in [-0.15, -0.1) is 0 Å². The Kier molecular flexibility index (Phi) is 13.7. The standard InChI is InChI=1S/C23H35N5O8/c24-11-5-4-8-16(21(33)28-18(13-29)23(35)36)27-22(34)17(9-10-19(30)31)26-20(32)15(25)12-14-6-2-1-3-7-14/h1-3,6-7,15-18,29H,4-5,8-13,24-25H2,(H,26,32)(H,27,34)(H,28,33)(H,30,31)(H,35,36). The third-order valence-corrected chi connectivity index (χ3v) is 5.29. The number of rotatable bonds is 17. The number of nitrogens with two attached hydrogens (primary N) is 2. The van der Waals surface area contributed by atoms with Crippen LogP contribution < -0.4 is 27.4 Å². The lowest BCUT2D eigenvalue weighted by atomic mass is 10.0. The number of hydrogen-bond donors (Lipinski definition) is 8. The van der Waals surface area contributed by atoms with Gasteiger partial charge in [-0.2, -0.15) is 0 Å². The maximum Gasteiger partial charge on any atom is 0.328 e. The number of benzene rings is 1. The quantitative estimate of drug-likeness (QED) is 0.108. The Bertz CT molecular complexity index is 883. The fourth-order valence-electron chi connectivity index (χ4n) is 3.27. The van der Waals surface area contributed by atoms with Gasteiger partial charge in [-0.25, -0.2) is 4.79 Å². The summed E-state index contributed by atoms with van der Waals surface area (Å²) in [6, 6.07) is 3.82. The number of carbonyl (C=O) groups is 5. The molecule has 1 aromatic rings. The minimum absolute atomic E-state index is 0.0969. The van der Waals surface area contributed by atoms with Crippen LogP contribution in [0, 0.1) is 0 Å². The molecule has 13 nitrogen and oxygen atoms in total. The predicted molar refractivity (Wildman–Crippen MR) is 128 cm³/mol. The van der Waals surface area contributed by atoms with E-state index < -0.39 is 66.9 Å². The molecule has 4 unspecified atom stereocenters. The number of aliphatic hydroxyl groups is 1. The van der Waals surface area contributed by atoms with Crippen molar-refractivity contribution in [2.45, 2.75) is 62.7 Å². The minimum Gasteiger partial charge on any atom is -0.481 e. The lowest BCUT2D eigenvalue weighted by molar-refractivity contribution is -0.143. The second-order valence-electron chi connectivity index (χ2n) is 8.22. The zero-order valence-corrected chi connectivity index (χ0v) is 19.9. The molecule has 1 rings (SSSR count). The molecule has 10 N–H and O–H groups in total. The van der Waals surface area contributed by atoms with E-state index in [-0.39, 0.29) is 19.3 Å². The second-order valence-corrected chi connectivity index (χ2v) is 8.22. The van der Waals surface area contributed by atoms with Crippen molar-refractivity contribution in [1.82, 2.24) is 16.0 Å². The number of aliphatic hydroxyl groups excluding tert-OH is 1. The van der Waals surface area contributed by atoms with Crippen LogP contribution in [0.4, 0.5) is 0 Å². The Balaban J connectivity index is 2.96. The average molecular weight is 510 g/mol. The topological polar surface area (TPSA) is 234 Å².